The van der Waals surface area contributed by atoms with Gasteiger partial charge in [-0.25, -0.2) is 27.8 Å². The van der Waals surface area contributed by atoms with Crippen molar-refractivity contribution in [2.75, 3.05) is 29.1 Å². The molecule has 4 heterocycles. The Labute approximate surface area is 217 Å². The number of sulfone groups is 1. The quantitative estimate of drug-likeness (QED) is 0.472. The highest BCUT2D eigenvalue weighted by molar-refractivity contribution is 7.91. The van der Waals surface area contributed by atoms with E-state index in [1.165, 1.54) is 12.1 Å². The molecule has 13 heteroatoms. The number of nitrogens with zero attached hydrogens (tertiary/aromatic N) is 5. The number of aryl methyl sites for hydroxylation is 1. The molecule has 1 aromatic carbocycles. The molecule has 2 aromatic heterocycles. The van der Waals surface area contributed by atoms with Crippen molar-refractivity contribution in [3.8, 4) is 0 Å². The number of benzene rings is 1. The van der Waals surface area contributed by atoms with Crippen LogP contribution in [0.25, 0.3) is 0 Å². The topological polar surface area (TPSA) is 138 Å². The van der Waals surface area contributed by atoms with Crippen LogP contribution in [0.1, 0.15) is 42.3 Å². The van der Waals surface area contributed by atoms with Crippen LogP contribution in [-0.2, 0) is 27.5 Å². The van der Waals surface area contributed by atoms with Crippen LogP contribution in [-0.4, -0.2) is 58.3 Å². The molecule has 0 bridgehead atoms. The Hall–Kier alpha value is -3.38. The van der Waals surface area contributed by atoms with Crippen LogP contribution in [0.3, 0.4) is 0 Å². The first-order chi connectivity index (χ1) is 17.7. The third-order valence-electron chi connectivity index (χ3n) is 6.50. The number of nitrogens with one attached hydrogen (secondary N) is 1. The summed E-state index contributed by atoms with van der Waals surface area (Å²) in [5.41, 5.74) is 0.728. The number of halogens is 2. The highest BCUT2D eigenvalue weighted by Crippen LogP contribution is 2.35. The molecule has 3 aromatic rings. The minimum atomic E-state index is -3.63. The van der Waals surface area contributed by atoms with E-state index in [1.807, 2.05) is 4.90 Å². The van der Waals surface area contributed by atoms with Gasteiger partial charge in [0.1, 0.15) is 16.5 Å². The summed E-state index contributed by atoms with van der Waals surface area (Å²) in [7, 11) is -3.63. The summed E-state index contributed by atoms with van der Waals surface area (Å²) in [6.45, 7) is 1.25. The molecule has 2 aliphatic rings. The number of aromatic nitrogens is 4. The lowest BCUT2D eigenvalue weighted by atomic mass is 9.96. The SMILES string of the molecule is O=C(O)Cc1ccc(Nc2nc(N3CCC(c4ncc(Cl)cn4)CC3)nc3c2S(=O)(=O)CCC3)cc1F. The summed E-state index contributed by atoms with van der Waals surface area (Å²) >= 11 is 5.90. The minimum Gasteiger partial charge on any atom is -0.481 e. The summed E-state index contributed by atoms with van der Waals surface area (Å²) in [5.74, 6) is -0.481. The lowest BCUT2D eigenvalue weighted by Crippen LogP contribution is -2.35. The van der Waals surface area contributed by atoms with Crippen molar-refractivity contribution in [3.63, 3.8) is 0 Å². The Morgan fingerprint density at radius 1 is 1.19 bits per heavy atom. The van der Waals surface area contributed by atoms with E-state index in [1.54, 1.807) is 12.4 Å². The summed E-state index contributed by atoms with van der Waals surface area (Å²) in [5, 5.41) is 12.4. The van der Waals surface area contributed by atoms with Crippen molar-refractivity contribution in [3.05, 3.63) is 58.5 Å². The summed E-state index contributed by atoms with van der Waals surface area (Å²) < 4.78 is 40.4. The van der Waals surface area contributed by atoms with Gasteiger partial charge >= 0.3 is 5.97 Å². The molecular weight excluding hydrogens is 523 g/mol. The Kier molecular flexibility index (Phi) is 6.95. The molecule has 1 saturated heterocycles. The smallest absolute Gasteiger partial charge is 0.307 e. The standard InChI is InChI=1S/C24H24ClFN6O4S/c25-16-12-27-22(28-13-16)14-5-7-32(8-6-14)24-30-19-2-1-9-37(35,36)21(19)23(31-24)29-17-4-3-15(10-20(33)34)18(26)11-17/h3-4,11-14H,1-2,5-10H2,(H,33,34)(H,29,30,31). The molecule has 0 unspecified atom stereocenters. The van der Waals surface area contributed by atoms with E-state index in [4.69, 9.17) is 16.7 Å². The van der Waals surface area contributed by atoms with Crippen LogP contribution in [0, 0.1) is 5.82 Å². The van der Waals surface area contributed by atoms with Gasteiger partial charge in [0.2, 0.25) is 5.95 Å². The first-order valence-electron chi connectivity index (χ1n) is 11.8. The first-order valence-corrected chi connectivity index (χ1v) is 13.9. The number of hydrogen-bond acceptors (Lipinski definition) is 9. The van der Waals surface area contributed by atoms with Crippen molar-refractivity contribution in [2.45, 2.75) is 42.9 Å². The molecule has 37 heavy (non-hydrogen) atoms. The van der Waals surface area contributed by atoms with E-state index in [0.29, 0.717) is 42.6 Å². The monoisotopic (exact) mass is 546 g/mol. The molecule has 0 saturated carbocycles. The second-order valence-corrected chi connectivity index (χ2v) is 11.6. The largest absolute Gasteiger partial charge is 0.481 e. The molecule has 0 aliphatic carbocycles. The van der Waals surface area contributed by atoms with Gasteiger partial charge in [0.05, 0.1) is 22.9 Å². The highest BCUT2D eigenvalue weighted by Gasteiger charge is 2.32. The molecule has 2 aliphatic heterocycles. The molecule has 0 spiro atoms. The van der Waals surface area contributed by atoms with Crippen molar-refractivity contribution in [2.24, 2.45) is 0 Å². The molecule has 0 atom stereocenters. The lowest BCUT2D eigenvalue weighted by Gasteiger charge is -2.32. The van der Waals surface area contributed by atoms with E-state index in [0.717, 1.165) is 24.7 Å². The Morgan fingerprint density at radius 3 is 2.59 bits per heavy atom. The third kappa shape index (κ3) is 5.49. The molecule has 2 N–H and O–H groups in total. The van der Waals surface area contributed by atoms with Crippen molar-refractivity contribution < 1.29 is 22.7 Å². The third-order valence-corrected chi connectivity index (χ3v) is 8.57. The van der Waals surface area contributed by atoms with Gasteiger partial charge in [0.25, 0.3) is 0 Å². The predicted octanol–water partition coefficient (Wildman–Crippen LogP) is 3.53. The molecule has 1 fully saturated rings. The van der Waals surface area contributed by atoms with Crippen LogP contribution in [0.2, 0.25) is 5.02 Å². The number of hydrogen-bond donors (Lipinski definition) is 2. The summed E-state index contributed by atoms with van der Waals surface area (Å²) in [6.07, 6.45) is 5.18. The number of piperidine rings is 1. The number of carboxylic acid groups (broad SMARTS) is 1. The number of fused-ring (bicyclic) bond motifs is 1. The van der Waals surface area contributed by atoms with Gasteiger partial charge in [0, 0.05) is 37.1 Å². The van der Waals surface area contributed by atoms with Crippen LogP contribution < -0.4 is 10.2 Å². The zero-order chi connectivity index (χ0) is 26.2. The van der Waals surface area contributed by atoms with E-state index in [9.17, 15) is 17.6 Å². The maximum atomic E-state index is 14.5. The van der Waals surface area contributed by atoms with Gasteiger partial charge in [-0.3, -0.25) is 4.79 Å². The molecule has 0 radical (unpaired) electrons. The highest BCUT2D eigenvalue weighted by atomic mass is 35.5. The van der Waals surface area contributed by atoms with Gasteiger partial charge in [-0.1, -0.05) is 17.7 Å². The van der Waals surface area contributed by atoms with Crippen molar-refractivity contribution in [1.29, 1.82) is 0 Å². The molecular formula is C24H24ClFN6O4S. The zero-order valence-corrected chi connectivity index (χ0v) is 21.3. The van der Waals surface area contributed by atoms with E-state index >= 15 is 0 Å². The van der Waals surface area contributed by atoms with Crippen LogP contribution in [0.4, 0.5) is 21.8 Å². The fourth-order valence-electron chi connectivity index (χ4n) is 4.68. The fourth-order valence-corrected chi connectivity index (χ4v) is 6.40. The number of carboxylic acids is 1. The summed E-state index contributed by atoms with van der Waals surface area (Å²) in [6, 6.07) is 4.00. The first kappa shape index (κ1) is 25.3. The second kappa shape index (κ2) is 10.2. The molecule has 5 rings (SSSR count). The maximum Gasteiger partial charge on any atom is 0.307 e. The normalized spacial score (nSPS) is 17.3. The maximum absolute atomic E-state index is 14.5. The summed E-state index contributed by atoms with van der Waals surface area (Å²) in [4.78, 5) is 30.8. The van der Waals surface area contributed by atoms with Crippen molar-refractivity contribution >= 4 is 44.9 Å². The van der Waals surface area contributed by atoms with Gasteiger partial charge in [-0.15, -0.1) is 0 Å². The number of anilines is 3. The fraction of sp³-hybridized carbons (Fsp3) is 0.375. The Balaban J connectivity index is 1.43. The van der Waals surface area contributed by atoms with Crippen LogP contribution in [0.5, 0.6) is 0 Å². The number of aliphatic carboxylic acids is 1. The predicted molar refractivity (Wildman–Crippen MR) is 135 cm³/mol. The minimum absolute atomic E-state index is 0.0181. The zero-order valence-electron chi connectivity index (χ0n) is 19.7. The lowest BCUT2D eigenvalue weighted by molar-refractivity contribution is -0.136. The average Bonchev–Trinajstić information content (AvgIpc) is 2.85. The second-order valence-electron chi connectivity index (χ2n) is 9.09. The van der Waals surface area contributed by atoms with Crippen LogP contribution in [0.15, 0.2) is 35.5 Å². The molecule has 194 valence electrons. The average molecular weight is 547 g/mol. The van der Waals surface area contributed by atoms with E-state index < -0.39 is 28.0 Å². The van der Waals surface area contributed by atoms with Crippen LogP contribution >= 0.6 is 11.6 Å². The number of carbonyl (C=O) groups is 1. The van der Waals surface area contributed by atoms with Gasteiger partial charge in [-0.05, 0) is 43.4 Å². The van der Waals surface area contributed by atoms with Gasteiger partial charge in [0.15, 0.2) is 15.7 Å². The van der Waals surface area contributed by atoms with Crippen molar-refractivity contribution in [1.82, 2.24) is 19.9 Å². The van der Waals surface area contributed by atoms with E-state index in [-0.39, 0.29) is 33.6 Å². The molecule has 10 nitrogen and oxygen atoms in total. The van der Waals surface area contributed by atoms with E-state index in [2.05, 4.69) is 25.3 Å². The van der Waals surface area contributed by atoms with Gasteiger partial charge in [-0.2, -0.15) is 4.98 Å². The Bertz CT molecular complexity index is 1450. The Morgan fingerprint density at radius 2 is 1.92 bits per heavy atom. The van der Waals surface area contributed by atoms with Gasteiger partial charge < -0.3 is 15.3 Å². The number of rotatable bonds is 6. The molecule has 0 amide bonds.